The zero-order chi connectivity index (χ0) is 31.6. The van der Waals surface area contributed by atoms with Gasteiger partial charge in [0, 0.05) is 87.2 Å². The Bertz CT molecular complexity index is 1500. The lowest BCUT2D eigenvalue weighted by molar-refractivity contribution is -0.0964. The van der Waals surface area contributed by atoms with Crippen LogP contribution in [0.15, 0.2) is 48.8 Å². The van der Waals surface area contributed by atoms with Crippen LogP contribution in [0.25, 0.3) is 11.3 Å². The number of carbonyl (C=O) groups is 2. The Labute approximate surface area is 263 Å². The lowest BCUT2D eigenvalue weighted by atomic mass is 10.0. The minimum atomic E-state index is -3.84. The Balaban J connectivity index is 1.23. The maximum atomic E-state index is 13.3. The molecule has 2 amide bonds. The molecular weight excluding hydrogens is 612 g/mol. The third-order valence-corrected chi connectivity index (χ3v) is 8.44. The highest BCUT2D eigenvalue weighted by molar-refractivity contribution is 6.20. The molecule has 0 saturated carbocycles. The van der Waals surface area contributed by atoms with E-state index in [1.165, 1.54) is 35.4 Å². The number of nitrogens with zero attached hydrogens (tertiary/aromatic N) is 6. The molecule has 5 heterocycles. The number of rotatable bonds is 8. The Kier molecular flexibility index (Phi) is 9.06. The van der Waals surface area contributed by atoms with Crippen molar-refractivity contribution in [2.75, 3.05) is 56.1 Å². The molecule has 15 heteroatoms. The summed E-state index contributed by atoms with van der Waals surface area (Å²) in [6.45, 7) is 4.38. The zero-order valence-electron chi connectivity index (χ0n) is 24.4. The third-order valence-electron chi connectivity index (χ3n) is 8.36. The standard InChI is InChI=1S/C30H34ClF2N7O5/c31-30(32,33)45-23-7-5-21(6-8-23)36-28(41)20-16-24(25-9-10-35-40(25)26-4-2-1-3-15-44-26)27(34-17-20)39-18-22(19-39)37-11-13-38(14-12-37)29(42)43/h5-10,16-17,22,26H,1-4,11-15,18-19H2,(H,36,41)(H,42,43). The van der Waals surface area contributed by atoms with Crippen molar-refractivity contribution in [1.82, 2.24) is 24.6 Å². The van der Waals surface area contributed by atoms with E-state index in [1.54, 1.807) is 12.3 Å². The van der Waals surface area contributed by atoms with Gasteiger partial charge in [0.15, 0.2) is 6.23 Å². The molecule has 1 aromatic carbocycles. The van der Waals surface area contributed by atoms with Gasteiger partial charge in [0.05, 0.1) is 11.3 Å². The van der Waals surface area contributed by atoms with Gasteiger partial charge < -0.3 is 29.7 Å². The van der Waals surface area contributed by atoms with Crippen molar-refractivity contribution >= 4 is 35.1 Å². The average molecular weight is 646 g/mol. The SMILES string of the molecule is O=C(Nc1ccc(OC(F)(F)Cl)cc1)c1cnc(N2CC(N3CCN(C(=O)O)CC3)C2)c(-c2ccnn2C2CCCCCO2)c1. The molecule has 240 valence electrons. The summed E-state index contributed by atoms with van der Waals surface area (Å²) >= 11 is 4.84. The molecule has 2 aromatic heterocycles. The molecule has 2 N–H and O–H groups in total. The largest absolute Gasteiger partial charge is 0.487 e. The molecule has 0 aliphatic carbocycles. The molecule has 3 saturated heterocycles. The Hall–Kier alpha value is -4.01. The summed E-state index contributed by atoms with van der Waals surface area (Å²) in [7, 11) is 0. The van der Waals surface area contributed by atoms with E-state index >= 15 is 0 Å². The Morgan fingerprint density at radius 3 is 2.53 bits per heavy atom. The van der Waals surface area contributed by atoms with Crippen LogP contribution in [0.3, 0.4) is 0 Å². The minimum Gasteiger partial charge on any atom is -0.465 e. The number of alkyl halides is 3. The molecule has 45 heavy (non-hydrogen) atoms. The number of ether oxygens (including phenoxy) is 2. The van der Waals surface area contributed by atoms with Crippen LogP contribution >= 0.6 is 11.6 Å². The second-order valence-corrected chi connectivity index (χ2v) is 11.8. The molecule has 0 bridgehead atoms. The number of pyridine rings is 1. The van der Waals surface area contributed by atoms with Gasteiger partial charge in [-0.25, -0.2) is 14.5 Å². The highest BCUT2D eigenvalue weighted by Gasteiger charge is 2.37. The smallest absolute Gasteiger partial charge is 0.465 e. The van der Waals surface area contributed by atoms with Gasteiger partial charge >= 0.3 is 11.7 Å². The van der Waals surface area contributed by atoms with E-state index in [0.29, 0.717) is 62.9 Å². The van der Waals surface area contributed by atoms with Gasteiger partial charge in [-0.2, -0.15) is 5.10 Å². The number of hydrogen-bond acceptors (Lipinski definition) is 8. The predicted octanol–water partition coefficient (Wildman–Crippen LogP) is 4.94. The van der Waals surface area contributed by atoms with E-state index in [-0.39, 0.29) is 18.0 Å². The fourth-order valence-corrected chi connectivity index (χ4v) is 6.04. The number of halogens is 3. The number of carboxylic acid groups (broad SMARTS) is 1. The molecule has 1 atom stereocenters. The normalized spacial score (nSPS) is 19.9. The van der Waals surface area contributed by atoms with Crippen LogP contribution in [0.2, 0.25) is 0 Å². The number of piperazine rings is 1. The predicted molar refractivity (Wildman–Crippen MR) is 162 cm³/mol. The zero-order valence-corrected chi connectivity index (χ0v) is 25.2. The number of hydrogen-bond donors (Lipinski definition) is 2. The first-order chi connectivity index (χ1) is 21.6. The van der Waals surface area contributed by atoms with Crippen LogP contribution < -0.4 is 15.0 Å². The molecular formula is C30H34ClF2N7O5. The molecule has 3 aromatic rings. The number of aromatic nitrogens is 3. The van der Waals surface area contributed by atoms with Gasteiger partial charge in [0.2, 0.25) is 0 Å². The summed E-state index contributed by atoms with van der Waals surface area (Å²) in [4.78, 5) is 35.3. The van der Waals surface area contributed by atoms with E-state index in [0.717, 1.165) is 36.9 Å². The summed E-state index contributed by atoms with van der Waals surface area (Å²) in [5.74, 6) is 0.138. The Morgan fingerprint density at radius 2 is 1.82 bits per heavy atom. The maximum Gasteiger partial charge on any atom is 0.487 e. The fourth-order valence-electron chi connectivity index (χ4n) is 5.95. The van der Waals surface area contributed by atoms with Crippen LogP contribution in [-0.4, -0.2) is 99.2 Å². The maximum absolute atomic E-state index is 13.3. The van der Waals surface area contributed by atoms with Gasteiger partial charge in [0.25, 0.3) is 5.91 Å². The first-order valence-electron chi connectivity index (χ1n) is 14.9. The van der Waals surface area contributed by atoms with Gasteiger partial charge in [-0.1, -0.05) is 6.42 Å². The summed E-state index contributed by atoms with van der Waals surface area (Å²) < 4.78 is 38.3. The van der Waals surface area contributed by atoms with Crippen LogP contribution in [-0.2, 0) is 4.74 Å². The summed E-state index contributed by atoms with van der Waals surface area (Å²) in [5, 5.41) is 16.7. The molecule has 3 aliphatic heterocycles. The van der Waals surface area contributed by atoms with E-state index in [2.05, 4.69) is 25.0 Å². The monoisotopic (exact) mass is 645 g/mol. The fraction of sp³-hybridized carbons (Fsp3) is 0.467. The van der Waals surface area contributed by atoms with Gasteiger partial charge in [-0.3, -0.25) is 9.69 Å². The molecule has 0 radical (unpaired) electrons. The van der Waals surface area contributed by atoms with Crippen molar-refractivity contribution in [2.24, 2.45) is 0 Å². The molecule has 12 nitrogen and oxygen atoms in total. The van der Waals surface area contributed by atoms with Gasteiger partial charge in [-0.05, 0) is 55.7 Å². The molecule has 1 unspecified atom stereocenters. The summed E-state index contributed by atoms with van der Waals surface area (Å²) in [6.07, 6.45) is 6.03. The lowest BCUT2D eigenvalue weighted by Crippen LogP contribution is -2.63. The Morgan fingerprint density at radius 1 is 1.07 bits per heavy atom. The lowest BCUT2D eigenvalue weighted by Gasteiger charge is -2.48. The average Bonchev–Trinajstić information content (AvgIpc) is 3.31. The number of nitrogens with one attached hydrogen (secondary N) is 1. The second-order valence-electron chi connectivity index (χ2n) is 11.3. The molecule has 3 aliphatic rings. The van der Waals surface area contributed by atoms with Crippen molar-refractivity contribution in [1.29, 1.82) is 0 Å². The van der Waals surface area contributed by atoms with E-state index < -0.39 is 17.6 Å². The van der Waals surface area contributed by atoms with Crippen molar-refractivity contribution in [3.8, 4) is 17.0 Å². The molecule has 6 rings (SSSR count). The molecule has 0 spiro atoms. The number of carbonyl (C=O) groups excluding carboxylic acids is 1. The number of benzene rings is 1. The van der Waals surface area contributed by atoms with E-state index in [9.17, 15) is 23.5 Å². The number of anilines is 2. The highest BCUT2D eigenvalue weighted by atomic mass is 35.5. The number of amides is 2. The summed E-state index contributed by atoms with van der Waals surface area (Å²) in [5.41, 5.74) is -1.65. The highest BCUT2D eigenvalue weighted by Crippen LogP contribution is 2.36. The first-order valence-corrected chi connectivity index (χ1v) is 15.3. The second kappa shape index (κ2) is 13.2. The topological polar surface area (TPSA) is 125 Å². The van der Waals surface area contributed by atoms with Crippen molar-refractivity contribution in [3.63, 3.8) is 0 Å². The van der Waals surface area contributed by atoms with Crippen LogP contribution in [0.5, 0.6) is 5.75 Å². The first kappa shape index (κ1) is 31.0. The van der Waals surface area contributed by atoms with Crippen LogP contribution in [0, 0.1) is 0 Å². The molecule has 3 fully saturated rings. The summed E-state index contributed by atoms with van der Waals surface area (Å²) in [6, 6.07) is 9.38. The van der Waals surface area contributed by atoms with Crippen molar-refractivity contribution in [2.45, 2.75) is 43.5 Å². The quantitative estimate of drug-likeness (QED) is 0.328. The van der Waals surface area contributed by atoms with Crippen molar-refractivity contribution in [3.05, 3.63) is 54.4 Å². The van der Waals surface area contributed by atoms with Gasteiger partial charge in [-0.15, -0.1) is 8.78 Å². The van der Waals surface area contributed by atoms with E-state index in [4.69, 9.17) is 21.3 Å². The van der Waals surface area contributed by atoms with Crippen molar-refractivity contribution < 1.29 is 33.0 Å². The van der Waals surface area contributed by atoms with E-state index in [1.807, 2.05) is 10.7 Å². The van der Waals surface area contributed by atoms with Crippen LogP contribution in [0.1, 0.15) is 42.3 Å². The van der Waals surface area contributed by atoms with Crippen LogP contribution in [0.4, 0.5) is 25.1 Å². The third kappa shape index (κ3) is 7.29. The van der Waals surface area contributed by atoms with Gasteiger partial charge in [0.1, 0.15) is 11.6 Å². The minimum absolute atomic E-state index is 0.146.